The van der Waals surface area contributed by atoms with Gasteiger partial charge in [0.15, 0.2) is 0 Å². The Morgan fingerprint density at radius 1 is 1.26 bits per heavy atom. The number of amides is 1. The highest BCUT2D eigenvalue weighted by atomic mass is 16.6. The van der Waals surface area contributed by atoms with Gasteiger partial charge in [-0.2, -0.15) is 0 Å². The molecule has 2 rings (SSSR count). The smallest absolute Gasteiger partial charge is 0.415 e. The Bertz CT molecular complexity index is 485. The van der Waals surface area contributed by atoms with Gasteiger partial charge in [0.05, 0.1) is 13.0 Å². The number of nitrogens with one attached hydrogen (secondary N) is 1. The van der Waals surface area contributed by atoms with E-state index in [1.165, 1.54) is 0 Å². The second-order valence-electron chi connectivity index (χ2n) is 4.07. The highest BCUT2D eigenvalue weighted by Gasteiger charge is 2.34. The molecule has 1 aliphatic rings. The van der Waals surface area contributed by atoms with Gasteiger partial charge >= 0.3 is 18.0 Å². The topological polar surface area (TPSA) is 81.7 Å². The van der Waals surface area contributed by atoms with Crippen molar-refractivity contribution < 1.29 is 23.9 Å². The second-order valence-corrected chi connectivity index (χ2v) is 4.07. The zero-order chi connectivity index (χ0) is 13.7. The number of alkyl carbamates (subject to hydrolysis) is 1. The first-order valence-corrected chi connectivity index (χ1v) is 5.87. The standard InChI is InChI=1S/C13H13NO5/c15-11(8-10-12(16)19-13(17)14-10)18-7-6-9-4-2-1-3-5-9/h1-5,10H,6-8H2,(H,14,17). The zero-order valence-corrected chi connectivity index (χ0v) is 10.1. The van der Waals surface area contributed by atoms with Crippen molar-refractivity contribution in [2.24, 2.45) is 0 Å². The molecule has 1 heterocycles. The molecule has 0 spiro atoms. The summed E-state index contributed by atoms with van der Waals surface area (Å²) in [6, 6.07) is 8.65. The minimum atomic E-state index is -0.934. The summed E-state index contributed by atoms with van der Waals surface area (Å²) in [5.41, 5.74) is 1.06. The van der Waals surface area contributed by atoms with E-state index in [0.29, 0.717) is 6.42 Å². The lowest BCUT2D eigenvalue weighted by molar-refractivity contribution is -0.147. The molecular weight excluding hydrogens is 250 g/mol. The van der Waals surface area contributed by atoms with Crippen LogP contribution in [0, 0.1) is 0 Å². The molecule has 0 saturated carbocycles. The van der Waals surface area contributed by atoms with E-state index in [2.05, 4.69) is 10.1 Å². The Labute approximate surface area is 109 Å². The molecule has 6 heteroatoms. The van der Waals surface area contributed by atoms with Crippen LogP contribution in [0.25, 0.3) is 0 Å². The highest BCUT2D eigenvalue weighted by molar-refractivity contribution is 5.97. The number of rotatable bonds is 5. The molecule has 0 aliphatic carbocycles. The van der Waals surface area contributed by atoms with Gasteiger partial charge < -0.3 is 14.8 Å². The van der Waals surface area contributed by atoms with Crippen LogP contribution in [0.15, 0.2) is 30.3 Å². The van der Waals surface area contributed by atoms with Crippen LogP contribution in [0.4, 0.5) is 4.79 Å². The lowest BCUT2D eigenvalue weighted by atomic mass is 10.2. The van der Waals surface area contributed by atoms with Crippen molar-refractivity contribution in [3.63, 3.8) is 0 Å². The fourth-order valence-corrected chi connectivity index (χ4v) is 1.68. The summed E-state index contributed by atoms with van der Waals surface area (Å²) in [5.74, 6) is -1.29. The van der Waals surface area contributed by atoms with Crippen LogP contribution in [0.1, 0.15) is 12.0 Å². The number of hydrogen-bond donors (Lipinski definition) is 1. The van der Waals surface area contributed by atoms with Crippen LogP contribution in [-0.4, -0.2) is 30.7 Å². The summed E-state index contributed by atoms with van der Waals surface area (Å²) < 4.78 is 9.25. The molecule has 0 radical (unpaired) electrons. The van der Waals surface area contributed by atoms with Crippen LogP contribution in [0.3, 0.4) is 0 Å². The van der Waals surface area contributed by atoms with Crippen molar-refractivity contribution in [3.05, 3.63) is 35.9 Å². The summed E-state index contributed by atoms with van der Waals surface area (Å²) in [7, 11) is 0. The maximum atomic E-state index is 11.5. The number of ether oxygens (including phenoxy) is 2. The fraction of sp³-hybridized carbons (Fsp3) is 0.308. The predicted octanol–water partition coefficient (Wildman–Crippen LogP) is 0.797. The Morgan fingerprint density at radius 3 is 2.63 bits per heavy atom. The number of esters is 2. The minimum absolute atomic E-state index is 0.209. The van der Waals surface area contributed by atoms with Crippen LogP contribution in [-0.2, 0) is 25.5 Å². The van der Waals surface area contributed by atoms with Crippen molar-refractivity contribution >= 4 is 18.0 Å². The molecule has 19 heavy (non-hydrogen) atoms. The van der Waals surface area contributed by atoms with E-state index in [1.54, 1.807) is 0 Å². The van der Waals surface area contributed by atoms with Crippen molar-refractivity contribution in [3.8, 4) is 0 Å². The molecule has 1 N–H and O–H groups in total. The molecule has 1 amide bonds. The SMILES string of the molecule is O=C(CC1NC(=O)OC1=O)OCCc1ccccc1. The van der Waals surface area contributed by atoms with Gasteiger partial charge in [-0.05, 0) is 5.56 Å². The van der Waals surface area contributed by atoms with Crippen LogP contribution < -0.4 is 5.32 Å². The normalized spacial score (nSPS) is 17.8. The summed E-state index contributed by atoms with van der Waals surface area (Å²) >= 11 is 0. The molecular formula is C13H13NO5. The molecule has 1 aromatic rings. The molecule has 1 fully saturated rings. The largest absolute Gasteiger partial charge is 0.465 e. The Hall–Kier alpha value is -2.37. The minimum Gasteiger partial charge on any atom is -0.465 e. The summed E-state index contributed by atoms with van der Waals surface area (Å²) in [6.45, 7) is 0.235. The number of carbonyl (C=O) groups excluding carboxylic acids is 3. The highest BCUT2D eigenvalue weighted by Crippen LogP contribution is 2.06. The van der Waals surface area contributed by atoms with Gasteiger partial charge in [0, 0.05) is 6.42 Å². The fourth-order valence-electron chi connectivity index (χ4n) is 1.68. The molecule has 1 unspecified atom stereocenters. The van der Waals surface area contributed by atoms with E-state index in [-0.39, 0.29) is 13.0 Å². The number of cyclic esters (lactones) is 2. The number of carbonyl (C=O) groups is 3. The molecule has 1 saturated heterocycles. The number of benzene rings is 1. The average molecular weight is 263 g/mol. The lowest BCUT2D eigenvalue weighted by Gasteiger charge is -2.07. The quantitative estimate of drug-likeness (QED) is 0.627. The summed E-state index contributed by atoms with van der Waals surface area (Å²) in [5, 5.41) is 2.23. The van der Waals surface area contributed by atoms with E-state index in [0.717, 1.165) is 5.56 Å². The average Bonchev–Trinajstić information content (AvgIpc) is 2.69. The van der Waals surface area contributed by atoms with Gasteiger partial charge in [-0.15, -0.1) is 0 Å². The van der Waals surface area contributed by atoms with Crippen LogP contribution in [0.2, 0.25) is 0 Å². The van der Waals surface area contributed by atoms with E-state index in [4.69, 9.17) is 4.74 Å². The molecule has 0 aromatic heterocycles. The Kier molecular flexibility index (Phi) is 4.12. The van der Waals surface area contributed by atoms with Crippen molar-refractivity contribution in [2.45, 2.75) is 18.9 Å². The van der Waals surface area contributed by atoms with E-state index in [1.807, 2.05) is 30.3 Å². The third-order valence-electron chi connectivity index (χ3n) is 2.64. The Balaban J connectivity index is 1.70. The zero-order valence-electron chi connectivity index (χ0n) is 10.1. The van der Waals surface area contributed by atoms with Gasteiger partial charge in [-0.25, -0.2) is 9.59 Å². The van der Waals surface area contributed by atoms with E-state index < -0.39 is 24.1 Å². The monoisotopic (exact) mass is 263 g/mol. The third-order valence-corrected chi connectivity index (χ3v) is 2.64. The van der Waals surface area contributed by atoms with Gasteiger partial charge in [-0.3, -0.25) is 4.79 Å². The summed E-state index contributed by atoms with van der Waals surface area (Å²) in [4.78, 5) is 33.3. The molecule has 1 aliphatic heterocycles. The van der Waals surface area contributed by atoms with Crippen molar-refractivity contribution in [1.82, 2.24) is 5.32 Å². The first-order valence-electron chi connectivity index (χ1n) is 5.87. The van der Waals surface area contributed by atoms with E-state index >= 15 is 0 Å². The van der Waals surface area contributed by atoms with Crippen LogP contribution in [0.5, 0.6) is 0 Å². The lowest BCUT2D eigenvalue weighted by Crippen LogP contribution is -2.32. The third kappa shape index (κ3) is 3.80. The molecule has 100 valence electrons. The summed E-state index contributed by atoms with van der Waals surface area (Å²) in [6.07, 6.45) is -0.431. The van der Waals surface area contributed by atoms with Gasteiger partial charge in [-0.1, -0.05) is 30.3 Å². The molecule has 0 bridgehead atoms. The first-order chi connectivity index (χ1) is 9.15. The maximum Gasteiger partial charge on any atom is 0.415 e. The predicted molar refractivity (Wildman–Crippen MR) is 64.1 cm³/mol. The second kappa shape index (κ2) is 5.99. The van der Waals surface area contributed by atoms with Gasteiger partial charge in [0.1, 0.15) is 6.04 Å². The van der Waals surface area contributed by atoms with Gasteiger partial charge in [0.25, 0.3) is 0 Å². The molecule has 1 aromatic carbocycles. The van der Waals surface area contributed by atoms with Gasteiger partial charge in [0.2, 0.25) is 0 Å². The molecule has 1 atom stereocenters. The number of hydrogen-bond acceptors (Lipinski definition) is 5. The Morgan fingerprint density at radius 2 is 2.00 bits per heavy atom. The van der Waals surface area contributed by atoms with E-state index in [9.17, 15) is 14.4 Å². The van der Waals surface area contributed by atoms with Crippen molar-refractivity contribution in [2.75, 3.05) is 6.61 Å². The maximum absolute atomic E-state index is 11.5. The van der Waals surface area contributed by atoms with Crippen molar-refractivity contribution in [1.29, 1.82) is 0 Å². The first kappa shape index (κ1) is 13.1. The molecule has 6 nitrogen and oxygen atoms in total. The van der Waals surface area contributed by atoms with Crippen LogP contribution >= 0.6 is 0 Å².